The van der Waals surface area contributed by atoms with E-state index in [1.54, 1.807) is 12.3 Å². The minimum absolute atomic E-state index is 0.0951. The first-order valence-electron chi connectivity index (χ1n) is 7.83. The Labute approximate surface area is 166 Å². The Morgan fingerprint density at radius 3 is 2.62 bits per heavy atom. The second kappa shape index (κ2) is 6.74. The van der Waals surface area contributed by atoms with Gasteiger partial charge in [-0.2, -0.15) is 0 Å². The lowest BCUT2D eigenvalue weighted by molar-refractivity contribution is 0.420. The number of nitrogens with zero attached hydrogens (tertiary/aromatic N) is 2. The van der Waals surface area contributed by atoms with E-state index < -0.39 is 0 Å². The van der Waals surface area contributed by atoms with Crippen molar-refractivity contribution in [2.45, 2.75) is 6.54 Å². The van der Waals surface area contributed by atoms with Gasteiger partial charge in [0.25, 0.3) is 0 Å². The molecule has 1 aliphatic rings. The van der Waals surface area contributed by atoms with E-state index in [2.05, 4.69) is 41.8 Å². The molecular formula is C19H13Br2N3O2. The number of halogens is 2. The van der Waals surface area contributed by atoms with Gasteiger partial charge in [-0.15, -0.1) is 0 Å². The van der Waals surface area contributed by atoms with Gasteiger partial charge in [-0.3, -0.25) is 9.56 Å². The number of aliphatic imine (C=N–C) groups is 1. The number of fused-ring (bicyclic) bond motifs is 1. The van der Waals surface area contributed by atoms with E-state index in [0.717, 1.165) is 31.3 Å². The predicted octanol–water partition coefficient (Wildman–Crippen LogP) is 4.71. The molecule has 0 saturated heterocycles. The minimum atomic E-state index is -0.360. The molecule has 0 unspecified atom stereocenters. The van der Waals surface area contributed by atoms with Crippen molar-refractivity contribution in [1.82, 2.24) is 9.55 Å². The van der Waals surface area contributed by atoms with Crippen LogP contribution in [-0.2, 0) is 6.54 Å². The first-order valence-corrected chi connectivity index (χ1v) is 9.42. The lowest BCUT2D eigenvalue weighted by Gasteiger charge is -2.04. The molecule has 2 N–H and O–H groups in total. The summed E-state index contributed by atoms with van der Waals surface area (Å²) in [5.74, 6) is -0.0951. The van der Waals surface area contributed by atoms with Crippen LogP contribution in [0.4, 0.5) is 5.69 Å². The first-order chi connectivity index (χ1) is 12.5. The van der Waals surface area contributed by atoms with Crippen molar-refractivity contribution in [3.63, 3.8) is 0 Å². The van der Waals surface area contributed by atoms with Gasteiger partial charge >= 0.3 is 5.69 Å². The molecule has 5 nitrogen and oxygen atoms in total. The fourth-order valence-corrected chi connectivity index (χ4v) is 3.46. The number of aromatic hydroxyl groups is 1. The average Bonchev–Trinajstić information content (AvgIpc) is 3.13. The number of allylic oxidation sites excluding steroid dienone is 1. The van der Waals surface area contributed by atoms with Crippen LogP contribution in [0.15, 0.2) is 61.2 Å². The van der Waals surface area contributed by atoms with Crippen molar-refractivity contribution in [2.24, 2.45) is 4.99 Å². The molecule has 26 heavy (non-hydrogen) atoms. The maximum atomic E-state index is 12.3. The van der Waals surface area contributed by atoms with Crippen LogP contribution < -0.4 is 5.69 Å². The molecule has 0 aliphatic carbocycles. The third-order valence-electron chi connectivity index (χ3n) is 4.15. The highest BCUT2D eigenvalue weighted by atomic mass is 79.9. The third-order valence-corrected chi connectivity index (χ3v) is 5.17. The Balaban J connectivity index is 1.70. The number of H-pyrrole nitrogens is 1. The second-order valence-electron chi connectivity index (χ2n) is 5.90. The highest BCUT2D eigenvalue weighted by Gasteiger charge is 2.16. The molecular weight excluding hydrogens is 462 g/mol. The molecule has 0 fully saturated rings. The Morgan fingerprint density at radius 1 is 1.12 bits per heavy atom. The van der Waals surface area contributed by atoms with E-state index >= 15 is 0 Å². The van der Waals surface area contributed by atoms with Crippen LogP contribution in [0.3, 0.4) is 0 Å². The second-order valence-corrected chi connectivity index (χ2v) is 7.73. The molecule has 0 amide bonds. The zero-order valence-electron chi connectivity index (χ0n) is 13.4. The molecule has 7 heteroatoms. The van der Waals surface area contributed by atoms with E-state index in [-0.39, 0.29) is 18.1 Å². The van der Waals surface area contributed by atoms with Crippen LogP contribution >= 0.6 is 31.9 Å². The van der Waals surface area contributed by atoms with Gasteiger partial charge in [0, 0.05) is 26.3 Å². The number of nitrogens with one attached hydrogen (secondary N) is 1. The molecule has 0 atom stereocenters. The van der Waals surface area contributed by atoms with Crippen LogP contribution in [0.2, 0.25) is 0 Å². The van der Waals surface area contributed by atoms with Crippen molar-refractivity contribution in [3.05, 3.63) is 78.7 Å². The standard InChI is InChI=1S/C19H13Br2N3O2/c20-13-3-1-11(2-4-13)10-24-18(25)17(23-19(24)26)7-12-9-22-16-6-5-14(21)8-15(12)16/h1-9,25H,10H2,(H,23,26)/b12-7-. The highest BCUT2D eigenvalue weighted by molar-refractivity contribution is 9.10. The van der Waals surface area contributed by atoms with Crippen LogP contribution in [0.25, 0.3) is 11.6 Å². The SMILES string of the molecule is O=c1[nH]c(/C=C2/C=Nc3ccc(Br)cc32)c(O)n1Cc1ccc(Br)cc1. The van der Waals surface area contributed by atoms with E-state index in [0.29, 0.717) is 5.69 Å². The highest BCUT2D eigenvalue weighted by Crippen LogP contribution is 2.35. The molecule has 0 saturated carbocycles. The topological polar surface area (TPSA) is 70.4 Å². The van der Waals surface area contributed by atoms with E-state index in [9.17, 15) is 9.90 Å². The molecule has 1 aromatic heterocycles. The molecule has 2 heterocycles. The summed E-state index contributed by atoms with van der Waals surface area (Å²) >= 11 is 6.84. The molecule has 0 spiro atoms. The summed E-state index contributed by atoms with van der Waals surface area (Å²) in [5, 5.41) is 10.5. The molecule has 0 radical (unpaired) electrons. The van der Waals surface area contributed by atoms with Gasteiger partial charge in [0.1, 0.15) is 5.69 Å². The smallest absolute Gasteiger partial charge is 0.329 e. The van der Waals surface area contributed by atoms with E-state index in [4.69, 9.17) is 0 Å². The Kier molecular flexibility index (Phi) is 4.42. The van der Waals surface area contributed by atoms with Gasteiger partial charge < -0.3 is 10.1 Å². The first kappa shape index (κ1) is 17.1. The van der Waals surface area contributed by atoms with Gasteiger partial charge in [-0.25, -0.2) is 4.79 Å². The largest absolute Gasteiger partial charge is 0.493 e. The van der Waals surface area contributed by atoms with Crippen molar-refractivity contribution >= 4 is 55.4 Å². The third kappa shape index (κ3) is 3.20. The number of aromatic amines is 1. The molecule has 130 valence electrons. The number of aromatic nitrogens is 2. The summed E-state index contributed by atoms with van der Waals surface area (Å²) in [6.45, 7) is 0.286. The summed E-state index contributed by atoms with van der Waals surface area (Å²) in [5.41, 5.74) is 3.55. The maximum absolute atomic E-state index is 12.3. The normalized spacial score (nSPS) is 14.2. The van der Waals surface area contributed by atoms with Crippen LogP contribution in [0.1, 0.15) is 16.8 Å². The van der Waals surface area contributed by atoms with Gasteiger partial charge in [0.2, 0.25) is 5.88 Å². The van der Waals surface area contributed by atoms with Gasteiger partial charge in [-0.1, -0.05) is 44.0 Å². The number of hydrogen-bond acceptors (Lipinski definition) is 3. The van der Waals surface area contributed by atoms with Crippen molar-refractivity contribution in [2.75, 3.05) is 0 Å². The van der Waals surface area contributed by atoms with Crippen LogP contribution in [-0.4, -0.2) is 20.9 Å². The lowest BCUT2D eigenvalue weighted by Crippen LogP contribution is -2.17. The summed E-state index contributed by atoms with van der Waals surface area (Å²) in [7, 11) is 0. The number of benzene rings is 2. The Hall–Kier alpha value is -2.38. The van der Waals surface area contributed by atoms with E-state index in [1.165, 1.54) is 4.57 Å². The fraction of sp³-hybridized carbons (Fsp3) is 0.0526. The molecule has 1 aliphatic heterocycles. The number of imidazole rings is 1. The minimum Gasteiger partial charge on any atom is -0.493 e. The lowest BCUT2D eigenvalue weighted by atomic mass is 10.1. The average molecular weight is 475 g/mol. The number of hydrogen-bond donors (Lipinski definition) is 2. The Bertz CT molecular complexity index is 1110. The van der Waals surface area contributed by atoms with Crippen molar-refractivity contribution in [1.29, 1.82) is 0 Å². The molecule has 3 aromatic rings. The van der Waals surface area contributed by atoms with Gasteiger partial charge in [-0.05, 0) is 42.0 Å². The summed E-state index contributed by atoms with van der Waals surface area (Å²) in [4.78, 5) is 19.3. The van der Waals surface area contributed by atoms with Crippen molar-refractivity contribution < 1.29 is 5.11 Å². The zero-order valence-corrected chi connectivity index (χ0v) is 16.6. The van der Waals surface area contributed by atoms with Gasteiger partial charge in [0.05, 0.1) is 12.2 Å². The van der Waals surface area contributed by atoms with Crippen LogP contribution in [0, 0.1) is 0 Å². The van der Waals surface area contributed by atoms with Gasteiger partial charge in [0.15, 0.2) is 0 Å². The number of rotatable bonds is 3. The van der Waals surface area contributed by atoms with Crippen molar-refractivity contribution in [3.8, 4) is 5.88 Å². The fourth-order valence-electron chi connectivity index (χ4n) is 2.83. The summed E-state index contributed by atoms with van der Waals surface area (Å²) in [6, 6.07) is 13.4. The monoisotopic (exact) mass is 473 g/mol. The van der Waals surface area contributed by atoms with Crippen LogP contribution in [0.5, 0.6) is 5.88 Å². The molecule has 0 bridgehead atoms. The Morgan fingerprint density at radius 2 is 1.85 bits per heavy atom. The molecule has 2 aromatic carbocycles. The quantitative estimate of drug-likeness (QED) is 0.576. The van der Waals surface area contributed by atoms with E-state index in [1.807, 2.05) is 42.5 Å². The zero-order chi connectivity index (χ0) is 18.3. The summed E-state index contributed by atoms with van der Waals surface area (Å²) in [6.07, 6.45) is 3.46. The maximum Gasteiger partial charge on any atom is 0.329 e. The summed E-state index contributed by atoms with van der Waals surface area (Å²) < 4.78 is 3.21. The molecule has 4 rings (SSSR count). The predicted molar refractivity (Wildman–Crippen MR) is 110 cm³/mol.